The first kappa shape index (κ1) is 15.7. The van der Waals surface area contributed by atoms with Crippen molar-refractivity contribution in [2.75, 3.05) is 0 Å². The summed E-state index contributed by atoms with van der Waals surface area (Å²) in [5.41, 5.74) is 0.572. The van der Waals surface area contributed by atoms with Crippen LogP contribution in [0.25, 0.3) is 6.08 Å². The number of nitro benzene ring substituents is 1. The van der Waals surface area contributed by atoms with Gasteiger partial charge in [-0.15, -0.1) is 0 Å². The highest BCUT2D eigenvalue weighted by Crippen LogP contribution is 2.18. The number of carbonyl (C=O) groups is 1. The van der Waals surface area contributed by atoms with Crippen molar-refractivity contribution < 1.29 is 9.72 Å². The number of hydrogen-bond donors (Lipinski definition) is 1. The minimum Gasteiger partial charge on any atom is -0.349 e. The molecular weight excluding hydrogens is 282 g/mol. The molecule has 0 unspecified atom stereocenters. The van der Waals surface area contributed by atoms with E-state index in [-0.39, 0.29) is 23.2 Å². The fourth-order valence-electron chi connectivity index (χ4n) is 2.52. The molecule has 0 aromatic heterocycles. The summed E-state index contributed by atoms with van der Waals surface area (Å²) in [6.45, 7) is 0. The summed E-state index contributed by atoms with van der Waals surface area (Å²) in [5.74, 6) is -0.382. The average Bonchev–Trinajstić information content (AvgIpc) is 2.53. The maximum Gasteiger partial charge on any atom is 0.269 e. The van der Waals surface area contributed by atoms with E-state index in [0.29, 0.717) is 5.56 Å². The molecular formula is C16H17N3O3. The van der Waals surface area contributed by atoms with Crippen LogP contribution < -0.4 is 5.32 Å². The van der Waals surface area contributed by atoms with Crippen molar-refractivity contribution in [1.29, 1.82) is 5.26 Å². The Morgan fingerprint density at radius 1 is 1.27 bits per heavy atom. The highest BCUT2D eigenvalue weighted by Gasteiger charge is 2.18. The van der Waals surface area contributed by atoms with Crippen LogP contribution in [0.4, 0.5) is 5.69 Å². The van der Waals surface area contributed by atoms with Crippen LogP contribution in [0.3, 0.4) is 0 Å². The zero-order valence-electron chi connectivity index (χ0n) is 12.1. The summed E-state index contributed by atoms with van der Waals surface area (Å²) in [7, 11) is 0. The van der Waals surface area contributed by atoms with Gasteiger partial charge in [0, 0.05) is 18.2 Å². The van der Waals surface area contributed by atoms with Crippen molar-refractivity contribution in [2.45, 2.75) is 38.1 Å². The quantitative estimate of drug-likeness (QED) is 0.400. The van der Waals surface area contributed by atoms with Crippen LogP contribution in [0.1, 0.15) is 37.7 Å². The summed E-state index contributed by atoms with van der Waals surface area (Å²) in [6.07, 6.45) is 6.72. The minimum absolute atomic E-state index is 0.0134. The van der Waals surface area contributed by atoms with Crippen LogP contribution in [0, 0.1) is 21.4 Å². The molecule has 0 heterocycles. The molecule has 1 saturated carbocycles. The molecule has 0 atom stereocenters. The lowest BCUT2D eigenvalue weighted by molar-refractivity contribution is -0.384. The maximum atomic E-state index is 12.1. The lowest BCUT2D eigenvalue weighted by Gasteiger charge is -2.22. The highest BCUT2D eigenvalue weighted by molar-refractivity contribution is 6.01. The molecule has 2 rings (SSSR count). The van der Waals surface area contributed by atoms with Crippen LogP contribution in [-0.4, -0.2) is 16.9 Å². The molecule has 1 aromatic carbocycles. The molecule has 22 heavy (non-hydrogen) atoms. The smallest absolute Gasteiger partial charge is 0.269 e. The van der Waals surface area contributed by atoms with Crippen molar-refractivity contribution in [3.63, 3.8) is 0 Å². The van der Waals surface area contributed by atoms with E-state index in [4.69, 9.17) is 5.26 Å². The van der Waals surface area contributed by atoms with Crippen LogP contribution in [0.5, 0.6) is 0 Å². The van der Waals surface area contributed by atoms with E-state index >= 15 is 0 Å². The standard InChI is InChI=1S/C16H17N3O3/c17-11-13(16(20)18-14-4-2-1-3-5-14)10-12-6-8-15(9-7-12)19(21)22/h6-10,14H,1-5H2,(H,18,20). The van der Waals surface area contributed by atoms with E-state index in [1.165, 1.54) is 36.8 Å². The first-order chi connectivity index (χ1) is 10.6. The molecule has 0 radical (unpaired) electrons. The van der Waals surface area contributed by atoms with Gasteiger partial charge in [0.1, 0.15) is 11.6 Å². The molecule has 6 heteroatoms. The van der Waals surface area contributed by atoms with Gasteiger partial charge in [-0.2, -0.15) is 5.26 Å². The maximum absolute atomic E-state index is 12.1. The summed E-state index contributed by atoms with van der Waals surface area (Å²) in [5, 5.41) is 22.6. The largest absolute Gasteiger partial charge is 0.349 e. The summed E-state index contributed by atoms with van der Waals surface area (Å²) >= 11 is 0. The molecule has 1 aromatic rings. The van der Waals surface area contributed by atoms with Gasteiger partial charge in [0.05, 0.1) is 4.92 Å². The number of nitrogens with zero attached hydrogens (tertiary/aromatic N) is 2. The van der Waals surface area contributed by atoms with Crippen molar-refractivity contribution in [3.8, 4) is 6.07 Å². The molecule has 114 valence electrons. The van der Waals surface area contributed by atoms with Gasteiger partial charge in [-0.25, -0.2) is 0 Å². The third-order valence-corrected chi connectivity index (χ3v) is 3.72. The van der Waals surface area contributed by atoms with Gasteiger partial charge < -0.3 is 5.32 Å². The molecule has 6 nitrogen and oxygen atoms in total. The molecule has 1 N–H and O–H groups in total. The van der Waals surface area contributed by atoms with E-state index in [9.17, 15) is 14.9 Å². The Bertz CT molecular complexity index is 623. The number of carbonyl (C=O) groups excluding carboxylic acids is 1. The highest BCUT2D eigenvalue weighted by atomic mass is 16.6. The van der Waals surface area contributed by atoms with E-state index < -0.39 is 4.92 Å². The second kappa shape index (κ2) is 7.36. The first-order valence-corrected chi connectivity index (χ1v) is 7.27. The lowest BCUT2D eigenvalue weighted by Crippen LogP contribution is -2.36. The van der Waals surface area contributed by atoms with Gasteiger partial charge >= 0.3 is 0 Å². The molecule has 0 aliphatic heterocycles. The Labute approximate surface area is 128 Å². The Hall–Kier alpha value is -2.68. The topological polar surface area (TPSA) is 96.0 Å². The lowest BCUT2D eigenvalue weighted by atomic mass is 9.95. The number of nitro groups is 1. The zero-order valence-corrected chi connectivity index (χ0v) is 12.1. The fourth-order valence-corrected chi connectivity index (χ4v) is 2.52. The van der Waals surface area contributed by atoms with E-state index in [1.807, 2.05) is 6.07 Å². The van der Waals surface area contributed by atoms with Crippen LogP contribution in [-0.2, 0) is 4.79 Å². The van der Waals surface area contributed by atoms with E-state index in [1.54, 1.807) is 0 Å². The Morgan fingerprint density at radius 3 is 2.45 bits per heavy atom. The van der Waals surface area contributed by atoms with Gasteiger partial charge in [0.25, 0.3) is 11.6 Å². The van der Waals surface area contributed by atoms with Crippen molar-refractivity contribution >= 4 is 17.7 Å². The first-order valence-electron chi connectivity index (χ1n) is 7.27. The predicted octanol–water partition coefficient (Wildman–Crippen LogP) is 2.95. The van der Waals surface area contributed by atoms with Gasteiger partial charge in [-0.3, -0.25) is 14.9 Å². The van der Waals surface area contributed by atoms with Crippen LogP contribution >= 0.6 is 0 Å². The number of benzene rings is 1. The second-order valence-electron chi connectivity index (χ2n) is 5.33. The van der Waals surface area contributed by atoms with Gasteiger partial charge in [-0.1, -0.05) is 19.3 Å². The Balaban J connectivity index is 2.07. The van der Waals surface area contributed by atoms with Gasteiger partial charge in [-0.05, 0) is 36.6 Å². The zero-order chi connectivity index (χ0) is 15.9. The van der Waals surface area contributed by atoms with Crippen molar-refractivity contribution in [1.82, 2.24) is 5.32 Å². The van der Waals surface area contributed by atoms with E-state index in [2.05, 4.69) is 5.32 Å². The second-order valence-corrected chi connectivity index (χ2v) is 5.33. The summed E-state index contributed by atoms with van der Waals surface area (Å²) in [6, 6.07) is 7.76. The molecule has 1 aliphatic rings. The third kappa shape index (κ3) is 4.16. The number of rotatable bonds is 4. The van der Waals surface area contributed by atoms with Crippen molar-refractivity contribution in [3.05, 3.63) is 45.5 Å². The van der Waals surface area contributed by atoms with Crippen LogP contribution in [0.2, 0.25) is 0 Å². The summed E-state index contributed by atoms with van der Waals surface area (Å²) < 4.78 is 0. The van der Waals surface area contributed by atoms with Gasteiger partial charge in [0.2, 0.25) is 0 Å². The van der Waals surface area contributed by atoms with E-state index in [0.717, 1.165) is 25.7 Å². The number of nitriles is 1. The fraction of sp³-hybridized carbons (Fsp3) is 0.375. The molecule has 0 spiro atoms. The van der Waals surface area contributed by atoms with Gasteiger partial charge in [0.15, 0.2) is 0 Å². The monoisotopic (exact) mass is 299 g/mol. The molecule has 1 fully saturated rings. The Morgan fingerprint density at radius 2 is 1.91 bits per heavy atom. The molecule has 0 saturated heterocycles. The SMILES string of the molecule is N#CC(=Cc1ccc([N+](=O)[O-])cc1)C(=O)NC1CCCCC1. The molecule has 1 amide bonds. The predicted molar refractivity (Wildman–Crippen MR) is 81.7 cm³/mol. The van der Waals surface area contributed by atoms with Crippen molar-refractivity contribution in [2.24, 2.45) is 0 Å². The Kier molecular flexibility index (Phi) is 5.26. The number of nitrogens with one attached hydrogen (secondary N) is 1. The summed E-state index contributed by atoms with van der Waals surface area (Å²) in [4.78, 5) is 22.2. The van der Waals surface area contributed by atoms with Crippen LogP contribution in [0.15, 0.2) is 29.8 Å². The minimum atomic E-state index is -0.492. The average molecular weight is 299 g/mol. The number of amides is 1. The normalized spacial score (nSPS) is 15.9. The third-order valence-electron chi connectivity index (χ3n) is 3.72. The molecule has 1 aliphatic carbocycles. The number of non-ortho nitro benzene ring substituents is 1. The number of hydrogen-bond acceptors (Lipinski definition) is 4. The molecule has 0 bridgehead atoms.